The van der Waals surface area contributed by atoms with Crippen LogP contribution < -0.4 is 5.32 Å². The topological polar surface area (TPSA) is 77.6 Å². The number of imidazole rings is 1. The number of hydrogen-bond acceptors (Lipinski definition) is 4. The number of anilines is 1. The van der Waals surface area contributed by atoms with Gasteiger partial charge in [0.15, 0.2) is 5.69 Å². The number of rotatable bonds is 4. The molecule has 1 N–H and O–H groups in total. The molecule has 0 atom stereocenters. The van der Waals surface area contributed by atoms with Crippen LogP contribution in [0.4, 0.5) is 5.69 Å². The number of fused-ring (bicyclic) bond motifs is 1. The summed E-state index contributed by atoms with van der Waals surface area (Å²) < 4.78 is 3.74. The van der Waals surface area contributed by atoms with E-state index in [4.69, 9.17) is 4.98 Å². The predicted molar refractivity (Wildman–Crippen MR) is 125 cm³/mol. The molecular weight excluding hydrogens is 400 g/mol. The van der Waals surface area contributed by atoms with Gasteiger partial charge in [-0.2, -0.15) is 0 Å². The standard InChI is InChI=1S/C25H22N6O/c1-16-7-6-8-20(15-16)31-17(2)23(28-29-31)25(32)26-19-13-11-18(12-14-19)24-27-21-9-4-5-10-22(21)30(24)3/h4-15H,1-3H3,(H,26,32). The second-order valence-electron chi connectivity index (χ2n) is 7.79. The Labute approximate surface area is 185 Å². The van der Waals surface area contributed by atoms with Gasteiger partial charge in [0.05, 0.1) is 22.4 Å². The Hall–Kier alpha value is -4.26. The van der Waals surface area contributed by atoms with Crippen molar-refractivity contribution in [3.8, 4) is 17.1 Å². The highest BCUT2D eigenvalue weighted by Crippen LogP contribution is 2.25. The van der Waals surface area contributed by atoms with Gasteiger partial charge in [-0.3, -0.25) is 4.79 Å². The van der Waals surface area contributed by atoms with Crippen LogP contribution in [0.3, 0.4) is 0 Å². The molecule has 7 nitrogen and oxygen atoms in total. The normalized spacial score (nSPS) is 11.1. The fraction of sp³-hybridized carbons (Fsp3) is 0.120. The molecule has 0 fully saturated rings. The number of carbonyl (C=O) groups is 1. The summed E-state index contributed by atoms with van der Waals surface area (Å²) in [7, 11) is 2.00. The maximum absolute atomic E-state index is 12.8. The maximum atomic E-state index is 12.8. The first-order valence-corrected chi connectivity index (χ1v) is 10.3. The molecule has 7 heteroatoms. The minimum absolute atomic E-state index is 0.295. The third kappa shape index (κ3) is 3.43. The van der Waals surface area contributed by atoms with E-state index >= 15 is 0 Å². The zero-order valence-electron chi connectivity index (χ0n) is 18.1. The van der Waals surface area contributed by atoms with E-state index in [0.29, 0.717) is 17.1 Å². The van der Waals surface area contributed by atoms with Crippen LogP contribution in [0.15, 0.2) is 72.8 Å². The third-order valence-corrected chi connectivity index (χ3v) is 5.54. The van der Waals surface area contributed by atoms with Crippen molar-refractivity contribution in [1.29, 1.82) is 0 Å². The summed E-state index contributed by atoms with van der Waals surface area (Å²) >= 11 is 0. The Balaban J connectivity index is 1.37. The van der Waals surface area contributed by atoms with Crippen molar-refractivity contribution in [3.63, 3.8) is 0 Å². The number of aromatic nitrogens is 5. The van der Waals surface area contributed by atoms with Gasteiger partial charge in [0.25, 0.3) is 5.91 Å². The lowest BCUT2D eigenvalue weighted by atomic mass is 10.2. The van der Waals surface area contributed by atoms with Crippen LogP contribution >= 0.6 is 0 Å². The van der Waals surface area contributed by atoms with Gasteiger partial charge >= 0.3 is 0 Å². The molecule has 0 saturated carbocycles. The summed E-state index contributed by atoms with van der Waals surface area (Å²) in [5.41, 5.74) is 6.66. The minimum Gasteiger partial charge on any atom is -0.327 e. The second-order valence-corrected chi connectivity index (χ2v) is 7.79. The molecule has 2 heterocycles. The molecule has 0 spiro atoms. The van der Waals surface area contributed by atoms with Crippen molar-refractivity contribution in [2.24, 2.45) is 7.05 Å². The Bertz CT molecular complexity index is 1450. The molecule has 0 aliphatic heterocycles. The molecule has 1 amide bonds. The van der Waals surface area contributed by atoms with Crippen molar-refractivity contribution in [1.82, 2.24) is 24.5 Å². The number of aryl methyl sites for hydroxylation is 2. The molecule has 0 aliphatic carbocycles. The van der Waals surface area contributed by atoms with Gasteiger partial charge in [0.2, 0.25) is 0 Å². The summed E-state index contributed by atoms with van der Waals surface area (Å²) in [6, 6.07) is 23.6. The van der Waals surface area contributed by atoms with Crippen molar-refractivity contribution in [2.45, 2.75) is 13.8 Å². The van der Waals surface area contributed by atoms with Gasteiger partial charge in [-0.15, -0.1) is 5.10 Å². The molecular formula is C25H22N6O. The lowest BCUT2D eigenvalue weighted by molar-refractivity contribution is 0.102. The third-order valence-electron chi connectivity index (χ3n) is 5.54. The summed E-state index contributed by atoms with van der Waals surface area (Å²) in [5, 5.41) is 11.2. The first-order chi connectivity index (χ1) is 15.5. The molecule has 0 aliphatic rings. The smallest absolute Gasteiger partial charge is 0.278 e. The lowest BCUT2D eigenvalue weighted by Gasteiger charge is -2.07. The Morgan fingerprint density at radius 3 is 2.47 bits per heavy atom. The first-order valence-electron chi connectivity index (χ1n) is 10.3. The number of nitrogens with zero attached hydrogens (tertiary/aromatic N) is 5. The number of nitrogens with one attached hydrogen (secondary N) is 1. The molecule has 5 aromatic rings. The quantitative estimate of drug-likeness (QED) is 0.456. The van der Waals surface area contributed by atoms with E-state index in [1.54, 1.807) is 4.68 Å². The monoisotopic (exact) mass is 422 g/mol. The van der Waals surface area contributed by atoms with Gasteiger partial charge in [0, 0.05) is 18.3 Å². The molecule has 3 aromatic carbocycles. The van der Waals surface area contributed by atoms with Gasteiger partial charge < -0.3 is 9.88 Å². The maximum Gasteiger partial charge on any atom is 0.278 e. The number of amides is 1. The van der Waals surface area contributed by atoms with E-state index in [-0.39, 0.29) is 5.91 Å². The number of para-hydroxylation sites is 2. The summed E-state index contributed by atoms with van der Waals surface area (Å²) in [6.45, 7) is 3.85. The van der Waals surface area contributed by atoms with Crippen LogP contribution in [0, 0.1) is 13.8 Å². The van der Waals surface area contributed by atoms with E-state index < -0.39 is 0 Å². The highest BCUT2D eigenvalue weighted by Gasteiger charge is 2.18. The van der Waals surface area contributed by atoms with Crippen molar-refractivity contribution < 1.29 is 4.79 Å². The lowest BCUT2D eigenvalue weighted by Crippen LogP contribution is -2.14. The fourth-order valence-electron chi connectivity index (χ4n) is 3.84. The zero-order valence-corrected chi connectivity index (χ0v) is 18.1. The van der Waals surface area contributed by atoms with Gasteiger partial charge in [-0.1, -0.05) is 29.5 Å². The summed E-state index contributed by atoms with van der Waals surface area (Å²) in [6.07, 6.45) is 0. The van der Waals surface area contributed by atoms with E-state index in [9.17, 15) is 4.79 Å². The minimum atomic E-state index is -0.295. The second kappa shape index (κ2) is 7.77. The highest BCUT2D eigenvalue weighted by molar-refractivity contribution is 6.03. The molecule has 0 unspecified atom stereocenters. The SMILES string of the molecule is Cc1cccc(-n2nnc(C(=O)Nc3ccc(-c4nc5ccccc5n4C)cc3)c2C)c1. The van der Waals surface area contributed by atoms with Crippen molar-refractivity contribution in [2.75, 3.05) is 5.32 Å². The number of hydrogen-bond donors (Lipinski definition) is 1. The molecule has 5 rings (SSSR count). The van der Waals surface area contributed by atoms with Crippen LogP contribution in [0.2, 0.25) is 0 Å². The average molecular weight is 422 g/mol. The fourth-order valence-corrected chi connectivity index (χ4v) is 3.84. The molecule has 2 aromatic heterocycles. The van der Waals surface area contributed by atoms with E-state index in [1.165, 1.54) is 0 Å². The van der Waals surface area contributed by atoms with Crippen molar-refractivity contribution in [3.05, 3.63) is 89.7 Å². The number of benzene rings is 3. The predicted octanol–water partition coefficient (Wildman–Crippen LogP) is 4.69. The van der Waals surface area contributed by atoms with Gasteiger partial charge in [0.1, 0.15) is 5.82 Å². The summed E-state index contributed by atoms with van der Waals surface area (Å²) in [5.74, 6) is 0.581. The van der Waals surface area contributed by atoms with Gasteiger partial charge in [-0.05, 0) is 67.9 Å². The van der Waals surface area contributed by atoms with Gasteiger partial charge in [-0.25, -0.2) is 9.67 Å². The van der Waals surface area contributed by atoms with Crippen LogP contribution in [0.5, 0.6) is 0 Å². The first kappa shape index (κ1) is 19.7. The van der Waals surface area contributed by atoms with E-state index in [0.717, 1.165) is 33.7 Å². The molecule has 0 saturated heterocycles. The zero-order chi connectivity index (χ0) is 22.2. The van der Waals surface area contributed by atoms with E-state index in [2.05, 4.69) is 20.2 Å². The highest BCUT2D eigenvalue weighted by atomic mass is 16.2. The Kier molecular flexibility index (Phi) is 4.78. The molecule has 0 radical (unpaired) electrons. The molecule has 32 heavy (non-hydrogen) atoms. The van der Waals surface area contributed by atoms with Crippen LogP contribution in [-0.4, -0.2) is 30.5 Å². The van der Waals surface area contributed by atoms with Crippen LogP contribution in [0.1, 0.15) is 21.7 Å². The largest absolute Gasteiger partial charge is 0.327 e. The molecule has 158 valence electrons. The van der Waals surface area contributed by atoms with Crippen molar-refractivity contribution >= 4 is 22.6 Å². The average Bonchev–Trinajstić information content (AvgIpc) is 3.35. The number of carbonyl (C=O) groups excluding carboxylic acids is 1. The van der Waals surface area contributed by atoms with Crippen LogP contribution in [0.25, 0.3) is 28.1 Å². The van der Waals surface area contributed by atoms with Crippen LogP contribution in [-0.2, 0) is 7.05 Å². The molecule has 0 bridgehead atoms. The Morgan fingerprint density at radius 1 is 0.938 bits per heavy atom. The Morgan fingerprint density at radius 2 is 1.72 bits per heavy atom. The summed E-state index contributed by atoms with van der Waals surface area (Å²) in [4.78, 5) is 17.6. The van der Waals surface area contributed by atoms with E-state index in [1.807, 2.05) is 93.7 Å².